The number of aromatic nitrogens is 2. The third-order valence-electron chi connectivity index (χ3n) is 3.32. The van der Waals surface area contributed by atoms with E-state index in [0.717, 1.165) is 25.9 Å². The molecular weight excluding hydrogens is 254 g/mol. The summed E-state index contributed by atoms with van der Waals surface area (Å²) in [6, 6.07) is 4.05. The molecule has 0 radical (unpaired) electrons. The lowest BCUT2D eigenvalue weighted by Gasteiger charge is -2.30. The Hall–Kier alpha value is -2.54. The Morgan fingerprint density at radius 1 is 1.15 bits per heavy atom. The molecule has 0 atom stereocenters. The summed E-state index contributed by atoms with van der Waals surface area (Å²) in [5, 5.41) is 17.7. The molecule has 2 N–H and O–H groups in total. The Balaban J connectivity index is 2.30. The van der Waals surface area contributed by atoms with Crippen LogP contribution in [0.2, 0.25) is 0 Å². The number of hydrogen-bond donors (Lipinski definition) is 1. The van der Waals surface area contributed by atoms with Crippen molar-refractivity contribution in [2.75, 3.05) is 41.7 Å². The van der Waals surface area contributed by atoms with Crippen LogP contribution in [-0.2, 0) is 0 Å². The van der Waals surface area contributed by atoms with E-state index in [0.29, 0.717) is 17.3 Å². The number of hydrogen-bond acceptors (Lipinski definition) is 7. The highest BCUT2D eigenvalue weighted by molar-refractivity contribution is 5.76. The minimum atomic E-state index is 0.0776. The van der Waals surface area contributed by atoms with E-state index in [9.17, 15) is 0 Å². The maximum atomic E-state index is 8.84. The van der Waals surface area contributed by atoms with E-state index in [4.69, 9.17) is 16.3 Å². The van der Waals surface area contributed by atoms with Crippen LogP contribution in [0.15, 0.2) is 6.33 Å². The lowest BCUT2D eigenvalue weighted by molar-refractivity contribution is 0.573. The highest BCUT2D eigenvalue weighted by Crippen LogP contribution is 2.30. The van der Waals surface area contributed by atoms with Crippen molar-refractivity contribution >= 4 is 17.3 Å². The van der Waals surface area contributed by atoms with Crippen LogP contribution in [0, 0.1) is 22.7 Å². The molecule has 0 saturated carbocycles. The van der Waals surface area contributed by atoms with Gasteiger partial charge in [-0.3, -0.25) is 0 Å². The molecule has 1 aromatic rings. The van der Waals surface area contributed by atoms with Crippen molar-refractivity contribution in [3.05, 3.63) is 6.33 Å². The average molecular weight is 271 g/mol. The van der Waals surface area contributed by atoms with Gasteiger partial charge in [0.25, 0.3) is 0 Å². The summed E-state index contributed by atoms with van der Waals surface area (Å²) in [6.45, 7) is 2.01. The van der Waals surface area contributed by atoms with Crippen molar-refractivity contribution in [2.45, 2.75) is 19.3 Å². The zero-order valence-corrected chi connectivity index (χ0v) is 11.3. The normalized spacial score (nSPS) is 14.4. The van der Waals surface area contributed by atoms with Crippen LogP contribution >= 0.6 is 0 Å². The molecule has 1 aliphatic rings. The molecular formula is C13H17N7. The monoisotopic (exact) mass is 271 g/mol. The van der Waals surface area contributed by atoms with Gasteiger partial charge in [-0.2, -0.15) is 10.5 Å². The van der Waals surface area contributed by atoms with Crippen LogP contribution in [0.4, 0.5) is 17.3 Å². The third kappa shape index (κ3) is 2.89. The second-order valence-electron chi connectivity index (χ2n) is 4.65. The quantitative estimate of drug-likeness (QED) is 0.811. The Morgan fingerprint density at radius 2 is 1.80 bits per heavy atom. The minimum absolute atomic E-state index is 0.0776. The highest BCUT2D eigenvalue weighted by Gasteiger charge is 2.20. The van der Waals surface area contributed by atoms with Crippen molar-refractivity contribution in [3.63, 3.8) is 0 Å². The number of piperidine rings is 1. The molecule has 0 aliphatic carbocycles. The predicted molar refractivity (Wildman–Crippen MR) is 75.9 cm³/mol. The number of nitrogens with two attached hydrogens (primary N) is 1. The van der Waals surface area contributed by atoms with Crippen molar-refractivity contribution in [3.8, 4) is 12.1 Å². The molecule has 1 aliphatic heterocycles. The number of nitriles is 2. The number of nitrogens with zero attached hydrogens (tertiary/aromatic N) is 6. The summed E-state index contributed by atoms with van der Waals surface area (Å²) >= 11 is 0. The number of rotatable bonds is 4. The third-order valence-corrected chi connectivity index (χ3v) is 3.32. The fraction of sp³-hybridized carbons (Fsp3) is 0.538. The van der Waals surface area contributed by atoms with E-state index in [1.54, 1.807) is 4.90 Å². The van der Waals surface area contributed by atoms with Gasteiger partial charge in [0.1, 0.15) is 25.1 Å². The molecule has 1 fully saturated rings. The standard InChI is InChI=1S/C13H17N7/c14-4-8-20(9-5-15)13-11(16)12(17-10-18-13)19-6-2-1-3-7-19/h10H,1-3,6-9,16H2. The molecule has 104 valence electrons. The largest absolute Gasteiger partial charge is 0.393 e. The fourth-order valence-electron chi connectivity index (χ4n) is 2.36. The lowest BCUT2D eigenvalue weighted by atomic mass is 10.1. The SMILES string of the molecule is N#CCN(CC#N)c1ncnc(N2CCCCC2)c1N. The molecule has 2 rings (SSSR count). The van der Waals surface area contributed by atoms with Gasteiger partial charge < -0.3 is 15.5 Å². The maximum absolute atomic E-state index is 8.84. The van der Waals surface area contributed by atoms with Gasteiger partial charge in [-0.15, -0.1) is 0 Å². The molecule has 0 aromatic carbocycles. The second kappa shape index (κ2) is 6.58. The van der Waals surface area contributed by atoms with Crippen LogP contribution in [-0.4, -0.2) is 36.1 Å². The molecule has 20 heavy (non-hydrogen) atoms. The minimum Gasteiger partial charge on any atom is -0.393 e. The average Bonchev–Trinajstić information content (AvgIpc) is 2.48. The lowest BCUT2D eigenvalue weighted by Crippen LogP contribution is -2.32. The summed E-state index contributed by atoms with van der Waals surface area (Å²) in [7, 11) is 0. The topological polar surface area (TPSA) is 106 Å². The van der Waals surface area contributed by atoms with Gasteiger partial charge in [-0.1, -0.05) is 0 Å². The molecule has 7 nitrogen and oxygen atoms in total. The molecule has 7 heteroatoms. The summed E-state index contributed by atoms with van der Waals surface area (Å²) in [4.78, 5) is 12.1. The van der Waals surface area contributed by atoms with Crippen LogP contribution in [0.1, 0.15) is 19.3 Å². The zero-order chi connectivity index (χ0) is 14.4. The summed E-state index contributed by atoms with van der Waals surface area (Å²) in [6.07, 6.45) is 4.92. The smallest absolute Gasteiger partial charge is 0.159 e. The first-order valence-electron chi connectivity index (χ1n) is 6.62. The van der Waals surface area contributed by atoms with Gasteiger partial charge in [0.2, 0.25) is 0 Å². The number of nitrogen functional groups attached to an aromatic ring is 1. The number of anilines is 3. The maximum Gasteiger partial charge on any atom is 0.159 e. The summed E-state index contributed by atoms with van der Waals surface area (Å²) < 4.78 is 0. The van der Waals surface area contributed by atoms with Gasteiger partial charge in [-0.25, -0.2) is 9.97 Å². The van der Waals surface area contributed by atoms with E-state index >= 15 is 0 Å². The van der Waals surface area contributed by atoms with Crippen LogP contribution < -0.4 is 15.5 Å². The summed E-state index contributed by atoms with van der Waals surface area (Å²) in [5.74, 6) is 1.17. The second-order valence-corrected chi connectivity index (χ2v) is 4.65. The Bertz CT molecular complexity index is 521. The van der Waals surface area contributed by atoms with Gasteiger partial charge in [0, 0.05) is 13.1 Å². The van der Waals surface area contributed by atoms with Crippen molar-refractivity contribution in [1.82, 2.24) is 9.97 Å². The first-order valence-corrected chi connectivity index (χ1v) is 6.62. The molecule has 0 unspecified atom stereocenters. The molecule has 0 bridgehead atoms. The van der Waals surface area contributed by atoms with E-state index in [1.165, 1.54) is 12.7 Å². The van der Waals surface area contributed by atoms with Crippen molar-refractivity contribution in [2.24, 2.45) is 0 Å². The molecule has 1 aromatic heterocycles. The molecule has 0 spiro atoms. The Kier molecular flexibility index (Phi) is 4.56. The van der Waals surface area contributed by atoms with Crippen molar-refractivity contribution < 1.29 is 0 Å². The first-order chi connectivity index (χ1) is 9.77. The predicted octanol–water partition coefficient (Wildman–Crippen LogP) is 0.903. The Morgan fingerprint density at radius 3 is 2.40 bits per heavy atom. The van der Waals surface area contributed by atoms with Crippen LogP contribution in [0.5, 0.6) is 0 Å². The van der Waals surface area contributed by atoms with Crippen LogP contribution in [0.3, 0.4) is 0 Å². The molecule has 2 heterocycles. The Labute approximate surface area is 118 Å². The van der Waals surface area contributed by atoms with E-state index < -0.39 is 0 Å². The van der Waals surface area contributed by atoms with E-state index in [2.05, 4.69) is 14.9 Å². The zero-order valence-electron chi connectivity index (χ0n) is 11.3. The van der Waals surface area contributed by atoms with E-state index in [-0.39, 0.29) is 13.1 Å². The van der Waals surface area contributed by atoms with Crippen LogP contribution in [0.25, 0.3) is 0 Å². The molecule has 0 amide bonds. The molecule has 1 saturated heterocycles. The summed E-state index contributed by atoms with van der Waals surface area (Å²) in [5.41, 5.74) is 6.59. The van der Waals surface area contributed by atoms with E-state index in [1.807, 2.05) is 12.1 Å². The van der Waals surface area contributed by atoms with Gasteiger partial charge in [0.05, 0.1) is 12.1 Å². The van der Waals surface area contributed by atoms with Crippen molar-refractivity contribution in [1.29, 1.82) is 10.5 Å². The fourth-order valence-corrected chi connectivity index (χ4v) is 2.36. The van der Waals surface area contributed by atoms with Gasteiger partial charge >= 0.3 is 0 Å². The highest BCUT2D eigenvalue weighted by atomic mass is 15.3. The first kappa shape index (κ1) is 13.9. The van der Waals surface area contributed by atoms with Gasteiger partial charge in [0.15, 0.2) is 11.6 Å². The van der Waals surface area contributed by atoms with Gasteiger partial charge in [-0.05, 0) is 19.3 Å².